The van der Waals surface area contributed by atoms with Gasteiger partial charge in [0.1, 0.15) is 23.4 Å². The second kappa shape index (κ2) is 9.42. The Balaban J connectivity index is 1.45. The average Bonchev–Trinajstić information content (AvgIpc) is 3.29. The van der Waals surface area contributed by atoms with E-state index in [1.54, 1.807) is 37.6 Å². The van der Waals surface area contributed by atoms with Crippen LogP contribution in [0.5, 0.6) is 5.75 Å². The molecule has 1 aliphatic rings. The number of amides is 1. The van der Waals surface area contributed by atoms with Crippen molar-refractivity contribution >= 4 is 23.4 Å². The Morgan fingerprint density at radius 2 is 2.00 bits per heavy atom. The summed E-state index contributed by atoms with van der Waals surface area (Å²) in [6.45, 7) is 1.05. The van der Waals surface area contributed by atoms with Gasteiger partial charge in [0.25, 0.3) is 0 Å². The molecule has 1 saturated heterocycles. The summed E-state index contributed by atoms with van der Waals surface area (Å²) >= 11 is 0. The Kier molecular flexibility index (Phi) is 6.26. The minimum absolute atomic E-state index is 0.0838. The number of hydrogen-bond acceptors (Lipinski definition) is 6. The second-order valence-electron chi connectivity index (χ2n) is 7.23. The van der Waals surface area contributed by atoms with E-state index >= 15 is 0 Å². The SMILES string of the molecule is COc1ccccc1CNC(=O)C1CCCN1c1nccc(Nc2ccccc2F)n1. The Labute approximate surface area is 180 Å². The van der Waals surface area contributed by atoms with Crippen molar-refractivity contribution in [2.45, 2.75) is 25.4 Å². The van der Waals surface area contributed by atoms with E-state index in [-0.39, 0.29) is 17.8 Å². The first-order chi connectivity index (χ1) is 15.2. The number of hydrogen-bond donors (Lipinski definition) is 2. The normalized spacial score (nSPS) is 15.5. The number of methoxy groups -OCH3 is 1. The number of benzene rings is 2. The summed E-state index contributed by atoms with van der Waals surface area (Å²) in [5.41, 5.74) is 1.25. The lowest BCUT2D eigenvalue weighted by atomic mass is 10.1. The van der Waals surface area contributed by atoms with Gasteiger partial charge in [-0.05, 0) is 37.1 Å². The van der Waals surface area contributed by atoms with Crippen LogP contribution in [0.1, 0.15) is 18.4 Å². The van der Waals surface area contributed by atoms with Gasteiger partial charge in [0.2, 0.25) is 11.9 Å². The van der Waals surface area contributed by atoms with Gasteiger partial charge in [-0.2, -0.15) is 4.98 Å². The van der Waals surface area contributed by atoms with Crippen molar-refractivity contribution in [1.82, 2.24) is 15.3 Å². The van der Waals surface area contributed by atoms with Crippen LogP contribution in [0.4, 0.5) is 21.8 Å². The molecule has 1 aliphatic heterocycles. The molecule has 0 aliphatic carbocycles. The Bertz CT molecular complexity index is 1060. The van der Waals surface area contributed by atoms with E-state index < -0.39 is 0 Å². The van der Waals surface area contributed by atoms with Gasteiger partial charge in [-0.25, -0.2) is 9.37 Å². The number of anilines is 3. The fourth-order valence-electron chi connectivity index (χ4n) is 3.68. The molecule has 1 fully saturated rings. The third-order valence-electron chi connectivity index (χ3n) is 5.24. The number of rotatable bonds is 7. The number of aromatic nitrogens is 2. The highest BCUT2D eigenvalue weighted by atomic mass is 19.1. The van der Waals surface area contributed by atoms with Gasteiger partial charge in [-0.3, -0.25) is 4.79 Å². The largest absolute Gasteiger partial charge is 0.496 e. The summed E-state index contributed by atoms with van der Waals surface area (Å²) < 4.78 is 19.3. The molecule has 0 bridgehead atoms. The fraction of sp³-hybridized carbons (Fsp3) is 0.261. The molecule has 0 radical (unpaired) electrons. The van der Waals surface area contributed by atoms with Gasteiger partial charge in [0.15, 0.2) is 0 Å². The van der Waals surface area contributed by atoms with Crippen molar-refractivity contribution in [1.29, 1.82) is 0 Å². The fourth-order valence-corrected chi connectivity index (χ4v) is 3.68. The topological polar surface area (TPSA) is 79.4 Å². The number of halogens is 1. The van der Waals surface area contributed by atoms with Gasteiger partial charge < -0.3 is 20.3 Å². The van der Waals surface area contributed by atoms with Crippen molar-refractivity contribution in [3.8, 4) is 5.75 Å². The maximum absolute atomic E-state index is 13.9. The number of para-hydroxylation sites is 2. The third-order valence-corrected chi connectivity index (χ3v) is 5.24. The van der Waals surface area contributed by atoms with Crippen molar-refractivity contribution in [2.75, 3.05) is 23.9 Å². The number of nitrogens with one attached hydrogen (secondary N) is 2. The van der Waals surface area contributed by atoms with Crippen LogP contribution in [0.2, 0.25) is 0 Å². The van der Waals surface area contributed by atoms with E-state index in [1.807, 2.05) is 29.2 Å². The van der Waals surface area contributed by atoms with Gasteiger partial charge in [-0.15, -0.1) is 0 Å². The monoisotopic (exact) mass is 421 g/mol. The van der Waals surface area contributed by atoms with Crippen LogP contribution in [0, 0.1) is 5.82 Å². The highest BCUT2D eigenvalue weighted by Gasteiger charge is 2.32. The smallest absolute Gasteiger partial charge is 0.243 e. The van der Waals surface area contributed by atoms with Gasteiger partial charge >= 0.3 is 0 Å². The maximum Gasteiger partial charge on any atom is 0.243 e. The molecule has 1 aromatic heterocycles. The van der Waals surface area contributed by atoms with E-state index in [4.69, 9.17) is 4.74 Å². The van der Waals surface area contributed by atoms with Gasteiger partial charge in [0.05, 0.1) is 12.8 Å². The number of carbonyl (C=O) groups excluding carboxylic acids is 1. The Hall–Kier alpha value is -3.68. The molecular formula is C23H24FN5O2. The third kappa shape index (κ3) is 4.74. The molecule has 2 N–H and O–H groups in total. The minimum Gasteiger partial charge on any atom is -0.496 e. The molecule has 1 amide bonds. The summed E-state index contributed by atoms with van der Waals surface area (Å²) in [7, 11) is 1.61. The maximum atomic E-state index is 13.9. The van der Waals surface area contributed by atoms with Crippen LogP contribution < -0.4 is 20.3 Å². The van der Waals surface area contributed by atoms with Crippen molar-refractivity contribution in [2.24, 2.45) is 0 Å². The quantitative estimate of drug-likeness (QED) is 0.606. The molecule has 31 heavy (non-hydrogen) atoms. The first kappa shape index (κ1) is 20.6. The number of ether oxygens (including phenoxy) is 1. The Morgan fingerprint density at radius 1 is 1.19 bits per heavy atom. The molecule has 2 heterocycles. The Morgan fingerprint density at radius 3 is 2.84 bits per heavy atom. The summed E-state index contributed by atoms with van der Waals surface area (Å²) in [6.07, 6.45) is 3.18. The molecule has 4 rings (SSSR count). The molecular weight excluding hydrogens is 397 g/mol. The van der Waals surface area contributed by atoms with Crippen LogP contribution in [0.3, 0.4) is 0 Å². The molecule has 7 nitrogen and oxygen atoms in total. The zero-order valence-electron chi connectivity index (χ0n) is 17.2. The van der Waals surface area contributed by atoms with Crippen molar-refractivity contribution in [3.05, 3.63) is 72.2 Å². The highest BCUT2D eigenvalue weighted by Crippen LogP contribution is 2.25. The predicted molar refractivity (Wildman–Crippen MR) is 117 cm³/mol. The number of carbonyl (C=O) groups is 1. The number of nitrogens with zero attached hydrogens (tertiary/aromatic N) is 3. The molecule has 1 atom stereocenters. The van der Waals surface area contributed by atoms with E-state index in [1.165, 1.54) is 6.07 Å². The van der Waals surface area contributed by atoms with Crippen LogP contribution >= 0.6 is 0 Å². The van der Waals surface area contributed by atoms with Gasteiger partial charge in [0, 0.05) is 24.8 Å². The molecule has 2 aromatic carbocycles. The first-order valence-electron chi connectivity index (χ1n) is 10.2. The summed E-state index contributed by atoms with van der Waals surface area (Å²) in [5.74, 6) is 1.20. The first-order valence-corrected chi connectivity index (χ1v) is 10.2. The van der Waals surface area contributed by atoms with Crippen LogP contribution in [0.25, 0.3) is 0 Å². The summed E-state index contributed by atoms with van der Waals surface area (Å²) in [4.78, 5) is 23.7. The van der Waals surface area contributed by atoms with Crippen molar-refractivity contribution in [3.63, 3.8) is 0 Å². The lowest BCUT2D eigenvalue weighted by molar-refractivity contribution is -0.122. The molecule has 160 valence electrons. The van der Waals surface area contributed by atoms with Crippen LogP contribution in [-0.2, 0) is 11.3 Å². The van der Waals surface area contributed by atoms with E-state index in [9.17, 15) is 9.18 Å². The average molecular weight is 421 g/mol. The predicted octanol–water partition coefficient (Wildman–Crippen LogP) is 3.65. The molecule has 3 aromatic rings. The van der Waals surface area contributed by atoms with Gasteiger partial charge in [-0.1, -0.05) is 30.3 Å². The lowest BCUT2D eigenvalue weighted by Crippen LogP contribution is -2.43. The standard InChI is InChI=1S/C23H24FN5O2/c1-31-20-11-5-2-7-16(20)15-26-22(30)19-10-6-14-29(19)23-25-13-12-21(28-23)27-18-9-4-3-8-17(18)24/h2-5,7-9,11-13,19H,6,10,14-15H2,1H3,(H,26,30)(H,25,27,28). The zero-order valence-corrected chi connectivity index (χ0v) is 17.2. The van der Waals surface area contributed by atoms with E-state index in [2.05, 4.69) is 20.6 Å². The highest BCUT2D eigenvalue weighted by molar-refractivity contribution is 5.85. The summed E-state index contributed by atoms with van der Waals surface area (Å²) in [6, 6.07) is 15.3. The molecule has 0 saturated carbocycles. The van der Waals surface area contributed by atoms with Crippen molar-refractivity contribution < 1.29 is 13.9 Å². The van der Waals surface area contributed by atoms with Crippen LogP contribution in [-0.4, -0.2) is 35.6 Å². The second-order valence-corrected chi connectivity index (χ2v) is 7.23. The summed E-state index contributed by atoms with van der Waals surface area (Å²) in [5, 5.41) is 5.97. The molecule has 0 spiro atoms. The van der Waals surface area contributed by atoms with Crippen LogP contribution in [0.15, 0.2) is 60.8 Å². The lowest BCUT2D eigenvalue weighted by Gasteiger charge is -2.24. The molecule has 1 unspecified atom stereocenters. The minimum atomic E-state index is -0.363. The zero-order chi connectivity index (χ0) is 21.6. The van der Waals surface area contributed by atoms with E-state index in [0.29, 0.717) is 37.0 Å². The van der Waals surface area contributed by atoms with E-state index in [0.717, 1.165) is 17.7 Å². The molecule has 8 heteroatoms.